The minimum atomic E-state index is -0.201. The van der Waals surface area contributed by atoms with Gasteiger partial charge in [-0.1, -0.05) is 30.0 Å². The Morgan fingerprint density at radius 1 is 1.06 bits per heavy atom. The maximum absolute atomic E-state index is 13.7. The quantitative estimate of drug-likeness (QED) is 0.279. The summed E-state index contributed by atoms with van der Waals surface area (Å²) in [5.41, 5.74) is 3.53. The van der Waals surface area contributed by atoms with Crippen LogP contribution in [0, 0.1) is 11.3 Å². The van der Waals surface area contributed by atoms with E-state index >= 15 is 0 Å². The standard InChI is InChI=1S/C26H22N4O2S3/c27-13-18-16-9-4-5-11-19(16)34-23(18)28-21(31)14-33-26-29-24-22(17-10-6-12-20(17)35-24)25(32)30(26)15-7-2-1-3-8-15/h1-3,7-8H,4-6,9-12,14H2,(H,28,31). The van der Waals surface area contributed by atoms with Crippen LogP contribution in [-0.4, -0.2) is 21.2 Å². The number of para-hydroxylation sites is 1. The van der Waals surface area contributed by atoms with E-state index in [9.17, 15) is 14.9 Å². The van der Waals surface area contributed by atoms with E-state index in [0.717, 1.165) is 72.0 Å². The van der Waals surface area contributed by atoms with Crippen LogP contribution in [0.4, 0.5) is 5.00 Å². The number of amides is 1. The van der Waals surface area contributed by atoms with Gasteiger partial charge in [0.15, 0.2) is 5.16 Å². The molecule has 0 atom stereocenters. The fraction of sp³-hybridized carbons (Fsp3) is 0.308. The van der Waals surface area contributed by atoms with Crippen LogP contribution in [-0.2, 0) is 30.5 Å². The summed E-state index contributed by atoms with van der Waals surface area (Å²) in [6.45, 7) is 0. The first-order valence-electron chi connectivity index (χ1n) is 11.7. The van der Waals surface area contributed by atoms with Crippen LogP contribution in [0.3, 0.4) is 0 Å². The summed E-state index contributed by atoms with van der Waals surface area (Å²) in [5, 5.41) is 14.5. The van der Waals surface area contributed by atoms with E-state index in [4.69, 9.17) is 4.98 Å². The molecule has 176 valence electrons. The van der Waals surface area contributed by atoms with Crippen molar-refractivity contribution in [1.82, 2.24) is 9.55 Å². The second kappa shape index (κ2) is 9.26. The van der Waals surface area contributed by atoms with Crippen LogP contribution in [0.25, 0.3) is 15.9 Å². The van der Waals surface area contributed by atoms with Crippen molar-refractivity contribution < 1.29 is 4.79 Å². The molecule has 35 heavy (non-hydrogen) atoms. The lowest BCUT2D eigenvalue weighted by Gasteiger charge is -2.12. The number of rotatable bonds is 5. The number of fused-ring (bicyclic) bond motifs is 4. The molecule has 0 saturated carbocycles. The van der Waals surface area contributed by atoms with E-state index < -0.39 is 0 Å². The topological polar surface area (TPSA) is 87.8 Å². The molecule has 3 aromatic heterocycles. The average Bonchev–Trinajstić information content (AvgIpc) is 3.55. The van der Waals surface area contributed by atoms with Gasteiger partial charge in [0.25, 0.3) is 5.56 Å². The predicted molar refractivity (Wildman–Crippen MR) is 142 cm³/mol. The molecule has 1 N–H and O–H groups in total. The Kier molecular flexibility index (Phi) is 5.96. The first-order chi connectivity index (χ1) is 17.1. The van der Waals surface area contributed by atoms with E-state index in [1.54, 1.807) is 15.9 Å². The van der Waals surface area contributed by atoms with Crippen LogP contribution in [0.2, 0.25) is 0 Å². The van der Waals surface area contributed by atoms with Crippen LogP contribution in [0.15, 0.2) is 40.3 Å². The monoisotopic (exact) mass is 518 g/mol. The molecule has 6 nitrogen and oxygen atoms in total. The van der Waals surface area contributed by atoms with Crippen molar-refractivity contribution in [3.8, 4) is 11.8 Å². The van der Waals surface area contributed by atoms with Crippen molar-refractivity contribution >= 4 is 55.6 Å². The Hall–Kier alpha value is -2.93. The van der Waals surface area contributed by atoms with E-state index in [1.807, 2.05) is 30.3 Å². The molecule has 6 rings (SSSR count). The molecule has 9 heteroatoms. The first-order valence-corrected chi connectivity index (χ1v) is 14.4. The number of hydrogen-bond donors (Lipinski definition) is 1. The van der Waals surface area contributed by atoms with Crippen molar-refractivity contribution in [1.29, 1.82) is 5.26 Å². The van der Waals surface area contributed by atoms with Gasteiger partial charge < -0.3 is 5.32 Å². The summed E-state index contributed by atoms with van der Waals surface area (Å²) in [4.78, 5) is 34.7. The van der Waals surface area contributed by atoms with Crippen LogP contribution < -0.4 is 10.9 Å². The molecule has 1 amide bonds. The normalized spacial score (nSPS) is 14.5. The Morgan fingerprint density at radius 3 is 2.63 bits per heavy atom. The number of carbonyl (C=O) groups is 1. The Labute approximate surface area is 214 Å². The summed E-state index contributed by atoms with van der Waals surface area (Å²) in [7, 11) is 0. The zero-order chi connectivity index (χ0) is 23.9. The Bertz CT molecular complexity index is 1560. The maximum Gasteiger partial charge on any atom is 0.267 e. The highest BCUT2D eigenvalue weighted by Crippen LogP contribution is 2.38. The molecule has 2 aliphatic rings. The number of carbonyl (C=O) groups excluding carboxylic acids is 1. The van der Waals surface area contributed by atoms with Gasteiger partial charge in [0, 0.05) is 9.75 Å². The van der Waals surface area contributed by atoms with Crippen molar-refractivity contribution in [2.45, 2.75) is 50.1 Å². The fourth-order valence-corrected chi connectivity index (χ4v) is 8.36. The minimum absolute atomic E-state index is 0.0683. The number of nitrogens with one attached hydrogen (secondary N) is 1. The smallest absolute Gasteiger partial charge is 0.267 e. The second-order valence-electron chi connectivity index (χ2n) is 8.77. The maximum atomic E-state index is 13.7. The molecule has 0 fully saturated rings. The second-order valence-corrected chi connectivity index (χ2v) is 11.9. The van der Waals surface area contributed by atoms with Crippen LogP contribution >= 0.6 is 34.4 Å². The first kappa shape index (κ1) is 22.5. The van der Waals surface area contributed by atoms with Gasteiger partial charge in [-0.15, -0.1) is 22.7 Å². The summed E-state index contributed by atoms with van der Waals surface area (Å²) < 4.78 is 1.64. The highest BCUT2D eigenvalue weighted by atomic mass is 32.2. The van der Waals surface area contributed by atoms with Gasteiger partial charge in [-0.3, -0.25) is 14.2 Å². The van der Waals surface area contributed by atoms with Crippen molar-refractivity contribution in [2.24, 2.45) is 0 Å². The Morgan fingerprint density at radius 2 is 1.80 bits per heavy atom. The van der Waals surface area contributed by atoms with Crippen molar-refractivity contribution in [3.05, 3.63) is 67.1 Å². The highest BCUT2D eigenvalue weighted by Gasteiger charge is 2.25. The average molecular weight is 519 g/mol. The molecule has 0 spiro atoms. The summed E-state index contributed by atoms with van der Waals surface area (Å²) in [6.07, 6.45) is 7.07. The van der Waals surface area contributed by atoms with E-state index in [1.165, 1.54) is 32.9 Å². The van der Waals surface area contributed by atoms with Gasteiger partial charge in [-0.2, -0.15) is 5.26 Å². The number of benzene rings is 1. The Balaban J connectivity index is 1.32. The van der Waals surface area contributed by atoms with Crippen LogP contribution in [0.1, 0.15) is 45.7 Å². The molecular formula is C26H22N4O2S3. The van der Waals surface area contributed by atoms with E-state index in [-0.39, 0.29) is 17.2 Å². The van der Waals surface area contributed by atoms with Gasteiger partial charge in [0.1, 0.15) is 15.9 Å². The van der Waals surface area contributed by atoms with Gasteiger partial charge >= 0.3 is 0 Å². The fourth-order valence-electron chi connectivity index (χ4n) is 4.99. The lowest BCUT2D eigenvalue weighted by atomic mass is 9.96. The highest BCUT2D eigenvalue weighted by molar-refractivity contribution is 7.99. The van der Waals surface area contributed by atoms with Gasteiger partial charge in [-0.25, -0.2) is 4.98 Å². The number of aryl methyl sites for hydroxylation is 3. The third-order valence-corrected chi connectivity index (χ3v) is 9.92. The number of aromatic nitrogens is 2. The zero-order valence-corrected chi connectivity index (χ0v) is 21.4. The number of nitriles is 1. The van der Waals surface area contributed by atoms with Crippen LogP contribution in [0.5, 0.6) is 0 Å². The molecular weight excluding hydrogens is 497 g/mol. The largest absolute Gasteiger partial charge is 0.316 e. The van der Waals surface area contributed by atoms with Crippen molar-refractivity contribution in [3.63, 3.8) is 0 Å². The molecule has 1 aromatic carbocycles. The number of thiophene rings is 2. The molecule has 0 saturated heterocycles. The third-order valence-electron chi connectivity index (χ3n) is 6.59. The van der Waals surface area contributed by atoms with Crippen molar-refractivity contribution in [2.75, 3.05) is 11.1 Å². The van der Waals surface area contributed by atoms with Gasteiger partial charge in [0.05, 0.1) is 22.4 Å². The molecule has 3 heterocycles. The van der Waals surface area contributed by atoms with E-state index in [2.05, 4.69) is 11.4 Å². The lowest BCUT2D eigenvalue weighted by molar-refractivity contribution is -0.113. The zero-order valence-electron chi connectivity index (χ0n) is 18.9. The number of nitrogens with zero attached hydrogens (tertiary/aromatic N) is 3. The van der Waals surface area contributed by atoms with E-state index in [0.29, 0.717) is 15.7 Å². The SMILES string of the molecule is N#Cc1c(NC(=O)CSc2nc3sc4c(c3c(=O)n2-c2ccccc2)CCC4)sc2c1CCCC2. The van der Waals surface area contributed by atoms with Gasteiger partial charge in [0.2, 0.25) is 5.91 Å². The molecule has 0 radical (unpaired) electrons. The summed E-state index contributed by atoms with van der Waals surface area (Å²) >= 11 is 4.38. The molecule has 0 bridgehead atoms. The third kappa shape index (κ3) is 3.99. The number of hydrogen-bond acceptors (Lipinski definition) is 7. The minimum Gasteiger partial charge on any atom is -0.316 e. The molecule has 0 aliphatic heterocycles. The number of thioether (sulfide) groups is 1. The summed E-state index contributed by atoms with van der Waals surface area (Å²) in [5.74, 6) is -0.101. The lowest BCUT2D eigenvalue weighted by Crippen LogP contribution is -2.23. The molecule has 4 aromatic rings. The van der Waals surface area contributed by atoms with Gasteiger partial charge in [-0.05, 0) is 68.2 Å². The molecule has 0 unspecified atom stereocenters. The summed E-state index contributed by atoms with van der Waals surface area (Å²) in [6, 6.07) is 11.8. The predicted octanol–water partition coefficient (Wildman–Crippen LogP) is 5.48. The number of anilines is 1. The molecule has 2 aliphatic carbocycles.